The van der Waals surface area contributed by atoms with Crippen molar-refractivity contribution in [1.82, 2.24) is 33.7 Å². The number of rotatable bonds is 10. The van der Waals surface area contributed by atoms with Crippen molar-refractivity contribution in [2.75, 3.05) is 10.6 Å². The van der Waals surface area contributed by atoms with Gasteiger partial charge in [-0.05, 0) is 161 Å². The highest BCUT2D eigenvalue weighted by Crippen LogP contribution is 2.34. The quantitative estimate of drug-likeness (QED) is 0.0493. The smallest absolute Gasteiger partial charge is 0.423 e. The fourth-order valence-corrected chi connectivity index (χ4v) is 9.42. The molecule has 0 spiro atoms. The van der Waals surface area contributed by atoms with Crippen LogP contribution in [0.2, 0.25) is 10.0 Å². The number of imidazole rings is 2. The lowest BCUT2D eigenvalue weighted by atomic mass is 9.80. The molecule has 12 aromatic rings. The molecule has 7 heterocycles. The largest absolute Gasteiger partial charge is 0.490 e. The molecule has 12 rings (SSSR count). The number of benzene rings is 5. The molecule has 94 heavy (non-hydrogen) atoms. The molecule has 0 radical (unpaired) electrons. The number of nitrogens with one attached hydrogen (secondary N) is 2. The van der Waals surface area contributed by atoms with E-state index in [1.54, 1.807) is 78.0 Å². The van der Waals surface area contributed by atoms with Crippen LogP contribution in [0.1, 0.15) is 64.8 Å². The van der Waals surface area contributed by atoms with Gasteiger partial charge in [0, 0.05) is 76.8 Å². The first-order chi connectivity index (χ1) is 44.9. The lowest BCUT2D eigenvalue weighted by Crippen LogP contribution is -2.32. The molecule has 0 aliphatic rings. The lowest BCUT2D eigenvalue weighted by Gasteiger charge is -2.13. The van der Waals surface area contributed by atoms with E-state index in [4.69, 9.17) is 39.0 Å². The zero-order valence-corrected chi connectivity index (χ0v) is 51.7. The van der Waals surface area contributed by atoms with Gasteiger partial charge in [-0.15, -0.1) is 0 Å². The van der Waals surface area contributed by atoms with E-state index in [0.717, 1.165) is 40.5 Å². The van der Waals surface area contributed by atoms with Gasteiger partial charge in [-0.1, -0.05) is 47.5 Å². The van der Waals surface area contributed by atoms with Crippen molar-refractivity contribution in [1.29, 1.82) is 0 Å². The molecule has 0 bridgehead atoms. The van der Waals surface area contributed by atoms with Crippen LogP contribution in [-0.4, -0.2) is 69.0 Å². The predicted octanol–water partition coefficient (Wildman–Crippen LogP) is 14.3. The molecule has 15 nitrogen and oxygen atoms in total. The Morgan fingerprint density at radius 2 is 1.01 bits per heavy atom. The molecular formula is C68H53BCl2F8N10O5. The Kier molecular flexibility index (Phi) is 23.0. The van der Waals surface area contributed by atoms with Crippen molar-refractivity contribution in [2.45, 2.75) is 41.2 Å². The highest BCUT2D eigenvalue weighted by atomic mass is 35.5. The van der Waals surface area contributed by atoms with Gasteiger partial charge in [0.25, 0.3) is 11.8 Å². The molecule has 478 valence electrons. The number of fused-ring (bicyclic) bond motifs is 2. The molecule has 5 aromatic carbocycles. The highest BCUT2D eigenvalue weighted by molar-refractivity contribution is 6.58. The molecule has 0 atom stereocenters. The van der Waals surface area contributed by atoms with Gasteiger partial charge in [0.05, 0.1) is 61.4 Å². The van der Waals surface area contributed by atoms with E-state index in [2.05, 4.69) is 35.6 Å². The average Bonchev–Trinajstić information content (AvgIpc) is 1.62. The maximum atomic E-state index is 14.5. The minimum absolute atomic E-state index is 0.0313. The van der Waals surface area contributed by atoms with Crippen LogP contribution >= 0.6 is 23.2 Å². The third-order valence-corrected chi connectivity index (χ3v) is 15.1. The van der Waals surface area contributed by atoms with Gasteiger partial charge in [0.1, 0.15) is 29.0 Å². The summed E-state index contributed by atoms with van der Waals surface area (Å²) in [6.07, 6.45) is 11.8. The Balaban J connectivity index is 0.000000164. The Morgan fingerprint density at radius 3 is 1.51 bits per heavy atom. The van der Waals surface area contributed by atoms with Gasteiger partial charge in [-0.25, -0.2) is 45.1 Å². The summed E-state index contributed by atoms with van der Waals surface area (Å²) in [5.41, 5.74) is 13.7. The van der Waals surface area contributed by atoms with E-state index in [9.17, 15) is 49.5 Å². The summed E-state index contributed by atoms with van der Waals surface area (Å²) in [6, 6.07) is 31.2. The third kappa shape index (κ3) is 16.4. The Hall–Kier alpha value is -10.5. The SMILES string of the molecule is Cc1ccn2c(-c3cccc(F)c3F)ncc2c1-c1cnc(C)c(C(=O)Nc2ccc(F)cc2)c1.Cc1ccn2c(-c3cccc(F)c3F)ncc2c1Cl.Cc1ccnc(C=O)c1Cl.Cc1ncc(B(O)O)cc1C(=O)Nc1ccc(F)cc1.NCc1cccc(F)c1F. The zero-order chi connectivity index (χ0) is 68.1. The first-order valence-electron chi connectivity index (χ1n) is 28.0. The third-order valence-electron chi connectivity index (χ3n) is 14.1. The van der Waals surface area contributed by atoms with Crippen molar-refractivity contribution < 1.29 is 59.6 Å². The number of carbonyl (C=O) groups is 3. The van der Waals surface area contributed by atoms with Crippen LogP contribution in [0.5, 0.6) is 0 Å². The minimum atomic E-state index is -1.69. The topological polar surface area (TPSA) is 215 Å². The van der Waals surface area contributed by atoms with E-state index < -0.39 is 59.6 Å². The number of carbonyl (C=O) groups excluding carboxylic acids is 3. The summed E-state index contributed by atoms with van der Waals surface area (Å²) in [7, 11) is -1.69. The first-order valence-corrected chi connectivity index (χ1v) is 28.8. The molecule has 6 N–H and O–H groups in total. The molecule has 7 aromatic heterocycles. The molecule has 0 aliphatic heterocycles. The van der Waals surface area contributed by atoms with Gasteiger partial charge < -0.3 is 26.4 Å². The van der Waals surface area contributed by atoms with E-state index in [-0.39, 0.29) is 46.0 Å². The monoisotopic (exact) mass is 1320 g/mol. The van der Waals surface area contributed by atoms with Crippen molar-refractivity contribution >= 4 is 76.3 Å². The van der Waals surface area contributed by atoms with Crippen LogP contribution in [0.4, 0.5) is 46.5 Å². The maximum absolute atomic E-state index is 14.5. The summed E-state index contributed by atoms with van der Waals surface area (Å²) < 4.78 is 110. The molecule has 26 heteroatoms. The number of hydrogen-bond donors (Lipinski definition) is 5. The van der Waals surface area contributed by atoms with Gasteiger partial charge in [-0.3, -0.25) is 38.1 Å². The summed E-state index contributed by atoms with van der Waals surface area (Å²) in [5, 5.41) is 24.5. The van der Waals surface area contributed by atoms with Crippen LogP contribution in [0.25, 0.3) is 44.9 Å². The predicted molar refractivity (Wildman–Crippen MR) is 345 cm³/mol. The van der Waals surface area contributed by atoms with Crippen molar-refractivity contribution in [3.05, 3.63) is 284 Å². The molecule has 0 unspecified atom stereocenters. The van der Waals surface area contributed by atoms with E-state index >= 15 is 0 Å². The van der Waals surface area contributed by atoms with Crippen LogP contribution < -0.4 is 21.8 Å². The van der Waals surface area contributed by atoms with E-state index in [1.807, 2.05) is 26.8 Å². The summed E-state index contributed by atoms with van der Waals surface area (Å²) >= 11 is 11.9. The second-order valence-electron chi connectivity index (χ2n) is 20.5. The number of aromatic nitrogens is 7. The Morgan fingerprint density at radius 1 is 0.543 bits per heavy atom. The summed E-state index contributed by atoms with van der Waals surface area (Å²) in [5.74, 6) is -6.47. The highest BCUT2D eigenvalue weighted by Gasteiger charge is 2.22. The standard InChI is InChI=1S/C27H19F3N4O.C14H9ClF2N2.C13H12BFN2O3.C7H6ClNO.C7H7F2N/c1-15-10-11-34-23(14-32-26(34)20-4-3-5-22(29)25(20)30)24(15)17-12-21(16(2)31-13-17)27(35)33-19-8-6-18(28)7-9-19;1-8-5-6-19-11(12(8)15)7-18-14(19)9-3-2-4-10(16)13(9)17;1-8-12(6-9(7-16-8)14(19)20)13(18)17-11-4-2-10(15)3-5-11;1-5-2-3-9-6(4-10)7(5)8;8-6-3-1-2-5(4-10)7(6)9/h3-14H,1-2H3,(H,33,35);2-7H,1H3;2-7,19-20H,1H3,(H,17,18);2-4H,1H3;1-3H,4,10H2. The number of halogens is 10. The second kappa shape index (κ2) is 31.2. The van der Waals surface area contributed by atoms with Crippen LogP contribution in [-0.2, 0) is 6.54 Å². The maximum Gasteiger partial charge on any atom is 0.490 e. The molecule has 0 fully saturated rings. The number of hydrogen-bond acceptors (Lipinski definition) is 11. The van der Waals surface area contributed by atoms with Gasteiger partial charge in [0.2, 0.25) is 0 Å². The van der Waals surface area contributed by atoms with Crippen molar-refractivity contribution in [2.24, 2.45) is 5.73 Å². The van der Waals surface area contributed by atoms with Gasteiger partial charge in [-0.2, -0.15) is 0 Å². The van der Waals surface area contributed by atoms with E-state index in [0.29, 0.717) is 72.8 Å². The first kappa shape index (κ1) is 69.4. The number of nitrogens with two attached hydrogens (primary N) is 1. The van der Waals surface area contributed by atoms with Crippen molar-refractivity contribution in [3.63, 3.8) is 0 Å². The number of anilines is 2. The zero-order valence-electron chi connectivity index (χ0n) is 50.2. The molecule has 0 aliphatic carbocycles. The second-order valence-corrected chi connectivity index (χ2v) is 21.2. The average molecular weight is 1320 g/mol. The normalized spacial score (nSPS) is 10.6. The van der Waals surface area contributed by atoms with E-state index in [1.165, 1.54) is 97.2 Å². The number of amides is 2. The molecule has 2 amide bonds. The number of pyridine rings is 5. The van der Waals surface area contributed by atoms with Crippen molar-refractivity contribution in [3.8, 4) is 33.9 Å². The van der Waals surface area contributed by atoms with Crippen LogP contribution in [0.3, 0.4) is 0 Å². The molecule has 0 saturated carbocycles. The number of aryl methyl sites for hydroxylation is 5. The molecule has 0 saturated heterocycles. The minimum Gasteiger partial charge on any atom is -0.423 e. The molecular weight excluding hydrogens is 1270 g/mol. The fourth-order valence-electron chi connectivity index (χ4n) is 9.06. The van der Waals surface area contributed by atoms with Crippen LogP contribution in [0, 0.1) is 81.2 Å². The lowest BCUT2D eigenvalue weighted by molar-refractivity contribution is 0.101. The van der Waals surface area contributed by atoms with Gasteiger partial charge >= 0.3 is 7.12 Å². The van der Waals surface area contributed by atoms with Gasteiger partial charge in [0.15, 0.2) is 41.2 Å². The number of aldehydes is 1. The Bertz CT molecular complexity index is 4760. The van der Waals surface area contributed by atoms with Crippen LogP contribution in [0.15, 0.2) is 177 Å². The summed E-state index contributed by atoms with van der Waals surface area (Å²) in [6.45, 7) is 8.99. The summed E-state index contributed by atoms with van der Waals surface area (Å²) in [4.78, 5) is 55.9. The number of nitrogens with zero attached hydrogens (tertiary/aromatic N) is 7. The Labute approximate surface area is 542 Å². The fraction of sp³-hybridized carbons (Fsp3) is 0.0882.